The lowest BCUT2D eigenvalue weighted by molar-refractivity contribution is -0.141. The summed E-state index contributed by atoms with van der Waals surface area (Å²) in [6, 6.07) is 4.89. The molecule has 0 bridgehead atoms. The SMILES string of the molecule is CNCC[C@H](c1ccsc1)N1CC(C)(C)c2nc(C(F)(F)F)ccc21. The van der Waals surface area contributed by atoms with Crippen molar-refractivity contribution in [3.63, 3.8) is 0 Å². The molecule has 1 aliphatic heterocycles. The Morgan fingerprint density at radius 1 is 1.32 bits per heavy atom. The van der Waals surface area contributed by atoms with Crippen LogP contribution in [0, 0.1) is 0 Å². The predicted octanol–water partition coefficient (Wildman–Crippen LogP) is 4.61. The summed E-state index contributed by atoms with van der Waals surface area (Å²) >= 11 is 1.64. The third-order valence-corrected chi connectivity index (χ3v) is 5.35. The van der Waals surface area contributed by atoms with Crippen molar-refractivity contribution >= 4 is 17.0 Å². The van der Waals surface area contributed by atoms with Crippen molar-refractivity contribution in [2.45, 2.75) is 37.9 Å². The average Bonchev–Trinajstić information content (AvgIpc) is 3.14. The second-order valence-electron chi connectivity index (χ2n) is 7.04. The van der Waals surface area contributed by atoms with Crippen LogP contribution in [0.5, 0.6) is 0 Å². The summed E-state index contributed by atoms with van der Waals surface area (Å²) in [6.07, 6.45) is -3.54. The number of nitrogens with zero attached hydrogens (tertiary/aromatic N) is 2. The van der Waals surface area contributed by atoms with Crippen molar-refractivity contribution in [3.05, 3.63) is 45.9 Å². The minimum absolute atomic E-state index is 0.123. The van der Waals surface area contributed by atoms with E-state index in [1.54, 1.807) is 17.4 Å². The zero-order chi connectivity index (χ0) is 18.2. The molecule has 136 valence electrons. The lowest BCUT2D eigenvalue weighted by Crippen LogP contribution is -2.33. The maximum absolute atomic E-state index is 13.1. The number of anilines is 1. The Hall–Kier alpha value is -1.60. The van der Waals surface area contributed by atoms with Gasteiger partial charge in [0.25, 0.3) is 0 Å². The number of thiophene rings is 1. The molecule has 7 heteroatoms. The maximum atomic E-state index is 13.1. The van der Waals surface area contributed by atoms with Gasteiger partial charge in [0.15, 0.2) is 0 Å². The lowest BCUT2D eigenvalue weighted by Gasteiger charge is -2.31. The number of hydrogen-bond acceptors (Lipinski definition) is 4. The first-order chi connectivity index (χ1) is 11.7. The van der Waals surface area contributed by atoms with Crippen LogP contribution in [0.3, 0.4) is 0 Å². The number of alkyl halides is 3. The highest BCUT2D eigenvalue weighted by Gasteiger charge is 2.42. The van der Waals surface area contributed by atoms with E-state index in [-0.39, 0.29) is 6.04 Å². The van der Waals surface area contributed by atoms with E-state index in [4.69, 9.17) is 0 Å². The summed E-state index contributed by atoms with van der Waals surface area (Å²) in [4.78, 5) is 6.20. The van der Waals surface area contributed by atoms with Crippen molar-refractivity contribution in [2.24, 2.45) is 0 Å². The van der Waals surface area contributed by atoms with E-state index in [1.165, 1.54) is 5.56 Å². The summed E-state index contributed by atoms with van der Waals surface area (Å²) in [5.74, 6) is 0. The fourth-order valence-electron chi connectivity index (χ4n) is 3.45. The Labute approximate surface area is 149 Å². The summed E-state index contributed by atoms with van der Waals surface area (Å²) in [5.41, 5.74) is 1.30. The third kappa shape index (κ3) is 3.53. The summed E-state index contributed by atoms with van der Waals surface area (Å²) in [5, 5.41) is 7.32. The number of nitrogens with one attached hydrogen (secondary N) is 1. The molecule has 0 aliphatic carbocycles. The lowest BCUT2D eigenvalue weighted by atomic mass is 9.91. The highest BCUT2D eigenvalue weighted by molar-refractivity contribution is 7.08. The topological polar surface area (TPSA) is 28.2 Å². The van der Waals surface area contributed by atoms with Crippen LogP contribution < -0.4 is 10.2 Å². The van der Waals surface area contributed by atoms with Crippen LogP contribution in [-0.4, -0.2) is 25.1 Å². The van der Waals surface area contributed by atoms with Crippen molar-refractivity contribution in [1.29, 1.82) is 0 Å². The van der Waals surface area contributed by atoms with E-state index in [2.05, 4.69) is 26.6 Å². The number of pyridine rings is 1. The van der Waals surface area contributed by atoms with Gasteiger partial charge >= 0.3 is 6.18 Å². The maximum Gasteiger partial charge on any atom is 0.433 e. The van der Waals surface area contributed by atoms with E-state index in [1.807, 2.05) is 26.3 Å². The number of aromatic nitrogens is 1. The molecule has 0 aromatic carbocycles. The van der Waals surface area contributed by atoms with Crippen molar-refractivity contribution < 1.29 is 13.2 Å². The molecule has 1 N–H and O–H groups in total. The molecule has 3 nitrogen and oxygen atoms in total. The van der Waals surface area contributed by atoms with Gasteiger partial charge in [-0.15, -0.1) is 0 Å². The molecular weight excluding hydrogens is 347 g/mol. The molecule has 0 saturated heterocycles. The van der Waals surface area contributed by atoms with Crippen LogP contribution in [0.15, 0.2) is 29.0 Å². The minimum atomic E-state index is -4.42. The quantitative estimate of drug-likeness (QED) is 0.834. The average molecular weight is 369 g/mol. The van der Waals surface area contributed by atoms with Gasteiger partial charge in [0.1, 0.15) is 5.69 Å². The van der Waals surface area contributed by atoms with Crippen LogP contribution in [0.1, 0.15) is 43.3 Å². The van der Waals surface area contributed by atoms with E-state index >= 15 is 0 Å². The van der Waals surface area contributed by atoms with E-state index in [0.29, 0.717) is 12.2 Å². The number of rotatable bonds is 5. The third-order valence-electron chi connectivity index (χ3n) is 4.65. The number of hydrogen-bond donors (Lipinski definition) is 1. The summed E-state index contributed by atoms with van der Waals surface area (Å²) < 4.78 is 39.2. The molecule has 1 aliphatic rings. The fourth-order valence-corrected chi connectivity index (χ4v) is 4.16. The molecule has 25 heavy (non-hydrogen) atoms. The molecule has 2 aromatic rings. The van der Waals surface area contributed by atoms with Gasteiger partial charge in [0, 0.05) is 12.0 Å². The van der Waals surface area contributed by atoms with E-state index < -0.39 is 17.3 Å². The molecular formula is C18H22F3N3S. The van der Waals surface area contributed by atoms with Gasteiger partial charge in [-0.25, -0.2) is 4.98 Å². The van der Waals surface area contributed by atoms with Gasteiger partial charge in [-0.05, 0) is 54.5 Å². The second kappa shape index (κ2) is 6.61. The standard InChI is InChI=1S/C18H22F3N3S/c1-17(2)11-24(13(6-8-22-3)12-7-9-25-10-12)14-4-5-15(18(19,20)21)23-16(14)17/h4-5,7,9-10,13,22H,6,8,11H2,1-3H3/t13-/m1/s1. The number of halogens is 3. The largest absolute Gasteiger partial charge is 0.433 e. The monoisotopic (exact) mass is 369 g/mol. The van der Waals surface area contributed by atoms with Crippen LogP contribution in [0.2, 0.25) is 0 Å². The zero-order valence-electron chi connectivity index (χ0n) is 14.5. The first-order valence-electron chi connectivity index (χ1n) is 8.26. The van der Waals surface area contributed by atoms with Crippen molar-refractivity contribution in [1.82, 2.24) is 10.3 Å². The summed E-state index contributed by atoms with van der Waals surface area (Å²) in [6.45, 7) is 5.41. The Morgan fingerprint density at radius 2 is 2.08 bits per heavy atom. The van der Waals surface area contributed by atoms with Crippen LogP contribution >= 0.6 is 11.3 Å². The Bertz CT molecular complexity index is 726. The molecule has 0 saturated carbocycles. The van der Waals surface area contributed by atoms with Crippen molar-refractivity contribution in [2.75, 3.05) is 25.0 Å². The second-order valence-corrected chi connectivity index (χ2v) is 7.82. The first kappa shape index (κ1) is 18.2. The molecule has 0 spiro atoms. The normalized spacial score (nSPS) is 17.6. The first-order valence-corrected chi connectivity index (χ1v) is 9.20. The van der Waals surface area contributed by atoms with Crippen molar-refractivity contribution in [3.8, 4) is 0 Å². The van der Waals surface area contributed by atoms with Gasteiger partial charge in [0.2, 0.25) is 0 Å². The molecule has 0 unspecified atom stereocenters. The summed E-state index contributed by atoms with van der Waals surface area (Å²) in [7, 11) is 1.91. The smallest absolute Gasteiger partial charge is 0.362 e. The van der Waals surface area contributed by atoms with Crippen LogP contribution in [0.4, 0.5) is 18.9 Å². The molecule has 0 amide bonds. The van der Waals surface area contributed by atoms with Gasteiger partial charge < -0.3 is 10.2 Å². The number of fused-ring (bicyclic) bond motifs is 1. The molecule has 3 rings (SSSR count). The van der Waals surface area contributed by atoms with Gasteiger partial charge in [-0.1, -0.05) is 13.8 Å². The Kier molecular flexibility index (Phi) is 4.81. The Balaban J connectivity index is 2.02. The highest BCUT2D eigenvalue weighted by Crippen LogP contribution is 2.45. The minimum Gasteiger partial charge on any atom is -0.362 e. The highest BCUT2D eigenvalue weighted by atomic mass is 32.1. The van der Waals surface area contributed by atoms with Gasteiger partial charge in [0.05, 0.1) is 17.4 Å². The molecule has 2 aromatic heterocycles. The fraction of sp³-hybridized carbons (Fsp3) is 0.500. The molecule has 0 radical (unpaired) electrons. The molecule has 3 heterocycles. The van der Waals surface area contributed by atoms with E-state index in [0.717, 1.165) is 24.7 Å². The van der Waals surface area contributed by atoms with Gasteiger partial charge in [-0.3, -0.25) is 0 Å². The van der Waals surface area contributed by atoms with Crippen LogP contribution in [-0.2, 0) is 11.6 Å². The Morgan fingerprint density at radius 3 is 2.68 bits per heavy atom. The van der Waals surface area contributed by atoms with Gasteiger partial charge in [-0.2, -0.15) is 24.5 Å². The van der Waals surface area contributed by atoms with Crippen LogP contribution in [0.25, 0.3) is 0 Å². The molecule has 0 fully saturated rings. The predicted molar refractivity (Wildman–Crippen MR) is 95.2 cm³/mol. The van der Waals surface area contributed by atoms with E-state index in [9.17, 15) is 13.2 Å². The zero-order valence-corrected chi connectivity index (χ0v) is 15.3. The molecule has 1 atom stereocenters.